The van der Waals surface area contributed by atoms with Gasteiger partial charge in [-0.05, 0) is 62.5 Å². The molecule has 26 heavy (non-hydrogen) atoms. The molecule has 0 amide bonds. The molecule has 3 fully saturated rings. The van der Waals surface area contributed by atoms with Gasteiger partial charge >= 0.3 is 0 Å². The van der Waals surface area contributed by atoms with Crippen molar-refractivity contribution in [3.63, 3.8) is 0 Å². The predicted molar refractivity (Wildman–Crippen MR) is 105 cm³/mol. The molecule has 5 nitrogen and oxygen atoms in total. The van der Waals surface area contributed by atoms with Crippen molar-refractivity contribution in [3.05, 3.63) is 42.9 Å². The van der Waals surface area contributed by atoms with Gasteiger partial charge in [-0.2, -0.15) is 0 Å². The number of aromatic nitrogens is 3. The second-order valence-electron chi connectivity index (χ2n) is 7.78. The Morgan fingerprint density at radius 2 is 1.81 bits per heavy atom. The fourth-order valence-electron chi connectivity index (χ4n) is 4.71. The Morgan fingerprint density at radius 1 is 1.04 bits per heavy atom. The summed E-state index contributed by atoms with van der Waals surface area (Å²) in [6.07, 6.45) is 8.54. The van der Waals surface area contributed by atoms with E-state index in [0.29, 0.717) is 12.1 Å². The number of anilines is 1. The van der Waals surface area contributed by atoms with Gasteiger partial charge in [0.15, 0.2) is 0 Å². The molecule has 2 unspecified atom stereocenters. The lowest BCUT2D eigenvalue weighted by atomic mass is 9.79. The van der Waals surface area contributed by atoms with Crippen molar-refractivity contribution < 1.29 is 0 Å². The smallest absolute Gasteiger partial charge is 0.222 e. The number of nitrogens with one attached hydrogen (secondary N) is 1. The first kappa shape index (κ1) is 15.8. The molecule has 2 bridgehead atoms. The summed E-state index contributed by atoms with van der Waals surface area (Å²) in [7, 11) is 2.07. The quantitative estimate of drug-likeness (QED) is 0.787. The molecule has 3 aliphatic rings. The minimum absolute atomic E-state index is 0.462. The first-order valence-corrected chi connectivity index (χ1v) is 9.57. The molecule has 5 heteroatoms. The summed E-state index contributed by atoms with van der Waals surface area (Å²) < 4.78 is 2.14. The predicted octanol–water partition coefficient (Wildman–Crippen LogP) is 3.53. The number of hydrogen-bond donors (Lipinski definition) is 1. The molecular formula is C21H25N5. The SMILES string of the molecule is CC1C(Nc2ncc(-c3ccc4c(ccn4C)c3)cn2)C2CCN1CC2. The van der Waals surface area contributed by atoms with Gasteiger partial charge in [0, 0.05) is 54.2 Å². The maximum Gasteiger partial charge on any atom is 0.222 e. The monoisotopic (exact) mass is 347 g/mol. The normalized spacial score (nSPS) is 27.8. The highest BCUT2D eigenvalue weighted by Gasteiger charge is 2.39. The maximum absolute atomic E-state index is 4.61. The molecule has 0 spiro atoms. The van der Waals surface area contributed by atoms with Crippen LogP contribution in [0.2, 0.25) is 0 Å². The van der Waals surface area contributed by atoms with Gasteiger partial charge in [-0.1, -0.05) is 6.07 Å². The van der Waals surface area contributed by atoms with E-state index in [0.717, 1.165) is 23.0 Å². The summed E-state index contributed by atoms with van der Waals surface area (Å²) in [5.74, 6) is 1.50. The fourth-order valence-corrected chi connectivity index (χ4v) is 4.71. The second kappa shape index (κ2) is 6.09. The van der Waals surface area contributed by atoms with Gasteiger partial charge in [-0.25, -0.2) is 9.97 Å². The summed E-state index contributed by atoms with van der Waals surface area (Å²) in [6, 6.07) is 9.67. The van der Waals surface area contributed by atoms with Crippen LogP contribution >= 0.6 is 0 Å². The van der Waals surface area contributed by atoms with Crippen molar-refractivity contribution in [1.29, 1.82) is 0 Å². The summed E-state index contributed by atoms with van der Waals surface area (Å²) in [6.45, 7) is 4.81. The number of fused-ring (bicyclic) bond motifs is 4. The lowest BCUT2D eigenvalue weighted by Crippen LogP contribution is -2.59. The molecule has 5 heterocycles. The molecule has 0 saturated carbocycles. The van der Waals surface area contributed by atoms with E-state index in [1.165, 1.54) is 36.8 Å². The van der Waals surface area contributed by atoms with Gasteiger partial charge in [0.2, 0.25) is 5.95 Å². The average molecular weight is 347 g/mol. The van der Waals surface area contributed by atoms with Crippen molar-refractivity contribution in [3.8, 4) is 11.1 Å². The van der Waals surface area contributed by atoms with Crippen LogP contribution in [-0.2, 0) is 7.05 Å². The third-order valence-electron chi connectivity index (χ3n) is 6.34. The number of nitrogens with zero attached hydrogens (tertiary/aromatic N) is 4. The highest BCUT2D eigenvalue weighted by Crippen LogP contribution is 2.33. The van der Waals surface area contributed by atoms with Crippen molar-refractivity contribution in [2.24, 2.45) is 13.0 Å². The van der Waals surface area contributed by atoms with E-state index in [-0.39, 0.29) is 0 Å². The molecule has 3 saturated heterocycles. The lowest BCUT2D eigenvalue weighted by molar-refractivity contribution is 0.0455. The average Bonchev–Trinajstić information content (AvgIpc) is 3.06. The zero-order valence-electron chi connectivity index (χ0n) is 15.4. The topological polar surface area (TPSA) is 46.0 Å². The first-order chi connectivity index (χ1) is 12.7. The lowest BCUT2D eigenvalue weighted by Gasteiger charge is -2.49. The van der Waals surface area contributed by atoms with Crippen LogP contribution in [0.5, 0.6) is 0 Å². The van der Waals surface area contributed by atoms with Crippen LogP contribution in [0.4, 0.5) is 5.95 Å². The van der Waals surface area contributed by atoms with Crippen molar-refractivity contribution in [2.75, 3.05) is 18.4 Å². The van der Waals surface area contributed by atoms with Crippen LogP contribution in [0, 0.1) is 5.92 Å². The third kappa shape index (κ3) is 2.58. The third-order valence-corrected chi connectivity index (χ3v) is 6.34. The Bertz CT molecular complexity index is 919. The molecule has 2 atom stereocenters. The molecule has 134 valence electrons. The molecule has 2 aromatic heterocycles. The van der Waals surface area contributed by atoms with Crippen molar-refractivity contribution in [1.82, 2.24) is 19.4 Å². The number of hydrogen-bond acceptors (Lipinski definition) is 4. The van der Waals surface area contributed by atoms with Crippen LogP contribution in [-0.4, -0.2) is 44.6 Å². The highest BCUT2D eigenvalue weighted by molar-refractivity contribution is 5.85. The first-order valence-electron chi connectivity index (χ1n) is 9.57. The molecule has 0 aliphatic carbocycles. The molecule has 6 rings (SSSR count). The molecule has 3 aromatic rings. The van der Waals surface area contributed by atoms with Crippen molar-refractivity contribution >= 4 is 16.9 Å². The van der Waals surface area contributed by atoms with Crippen molar-refractivity contribution in [2.45, 2.75) is 31.8 Å². The Morgan fingerprint density at radius 3 is 2.54 bits per heavy atom. The summed E-state index contributed by atoms with van der Waals surface area (Å²) in [5.41, 5.74) is 3.46. The van der Waals surface area contributed by atoms with Gasteiger partial charge < -0.3 is 9.88 Å². The van der Waals surface area contributed by atoms with Crippen LogP contribution in [0.15, 0.2) is 42.9 Å². The largest absolute Gasteiger partial charge is 0.351 e. The van der Waals surface area contributed by atoms with Gasteiger partial charge in [0.25, 0.3) is 0 Å². The van der Waals surface area contributed by atoms with E-state index in [1.807, 2.05) is 12.4 Å². The zero-order valence-corrected chi connectivity index (χ0v) is 15.4. The summed E-state index contributed by atoms with van der Waals surface area (Å²) in [4.78, 5) is 11.8. The van der Waals surface area contributed by atoms with Gasteiger partial charge in [0.05, 0.1) is 0 Å². The maximum atomic E-state index is 4.61. The Balaban J connectivity index is 1.36. The van der Waals surface area contributed by atoms with E-state index in [1.54, 1.807) is 0 Å². The molecule has 1 aromatic carbocycles. The Hall–Kier alpha value is -2.40. The zero-order chi connectivity index (χ0) is 17.7. The molecule has 3 aliphatic heterocycles. The van der Waals surface area contributed by atoms with E-state index >= 15 is 0 Å². The van der Waals surface area contributed by atoms with E-state index in [4.69, 9.17) is 0 Å². The fraction of sp³-hybridized carbons (Fsp3) is 0.429. The molecular weight excluding hydrogens is 322 g/mol. The number of aryl methyl sites for hydroxylation is 1. The minimum atomic E-state index is 0.462. The summed E-state index contributed by atoms with van der Waals surface area (Å²) in [5, 5.41) is 4.85. The minimum Gasteiger partial charge on any atom is -0.351 e. The van der Waals surface area contributed by atoms with E-state index in [2.05, 4.69) is 69.2 Å². The van der Waals surface area contributed by atoms with Gasteiger partial charge in [0.1, 0.15) is 0 Å². The molecule has 0 radical (unpaired) electrons. The number of piperidine rings is 3. The van der Waals surface area contributed by atoms with Crippen LogP contribution in [0.25, 0.3) is 22.0 Å². The highest BCUT2D eigenvalue weighted by atomic mass is 15.2. The van der Waals surface area contributed by atoms with E-state index in [9.17, 15) is 0 Å². The van der Waals surface area contributed by atoms with Crippen LogP contribution in [0.1, 0.15) is 19.8 Å². The van der Waals surface area contributed by atoms with E-state index < -0.39 is 0 Å². The Labute approximate surface area is 154 Å². The number of benzene rings is 1. The van der Waals surface area contributed by atoms with Crippen LogP contribution in [0.3, 0.4) is 0 Å². The number of rotatable bonds is 3. The Kier molecular flexibility index (Phi) is 3.71. The summed E-state index contributed by atoms with van der Waals surface area (Å²) >= 11 is 0. The second-order valence-corrected chi connectivity index (χ2v) is 7.78. The standard InChI is InChI=1S/C21H25N5/c1-14-20(15-6-9-26(14)10-7-15)24-21-22-12-18(13-23-21)16-3-4-19-17(11-16)5-8-25(19)2/h3-5,8,11-15,20H,6-7,9-10H2,1-2H3,(H,22,23,24). The molecule has 1 N–H and O–H groups in total. The van der Waals surface area contributed by atoms with Crippen LogP contribution < -0.4 is 5.32 Å². The van der Waals surface area contributed by atoms with Gasteiger partial charge in [-0.3, -0.25) is 4.90 Å². The van der Waals surface area contributed by atoms with Gasteiger partial charge in [-0.15, -0.1) is 0 Å².